The van der Waals surface area contributed by atoms with Crippen molar-refractivity contribution >= 4 is 17.4 Å². The molecule has 1 aliphatic heterocycles. The fourth-order valence-electron chi connectivity index (χ4n) is 3.38. The number of ether oxygens (including phenoxy) is 3. The summed E-state index contributed by atoms with van der Waals surface area (Å²) in [6.07, 6.45) is 1.57. The first kappa shape index (κ1) is 20.6. The summed E-state index contributed by atoms with van der Waals surface area (Å²) in [5.41, 5.74) is 2.89. The number of methoxy groups -OCH3 is 2. The van der Waals surface area contributed by atoms with E-state index in [9.17, 15) is 4.79 Å². The van der Waals surface area contributed by atoms with Gasteiger partial charge in [-0.05, 0) is 24.3 Å². The summed E-state index contributed by atoms with van der Waals surface area (Å²) in [5, 5.41) is 2.88. The van der Waals surface area contributed by atoms with Crippen molar-refractivity contribution in [3.8, 4) is 22.8 Å². The Morgan fingerprint density at radius 1 is 0.968 bits per heavy atom. The SMILES string of the molecule is COc1ccc(NC(=O)c2ccc(-c3cc(N4CCOCC4)ncn3)cc2)cc1OC. The van der Waals surface area contributed by atoms with Gasteiger partial charge in [0.15, 0.2) is 11.5 Å². The second-order valence-corrected chi connectivity index (χ2v) is 6.96. The predicted octanol–water partition coefficient (Wildman–Crippen LogP) is 3.25. The van der Waals surface area contributed by atoms with E-state index in [0.29, 0.717) is 36.0 Å². The molecule has 31 heavy (non-hydrogen) atoms. The van der Waals surface area contributed by atoms with Gasteiger partial charge in [-0.1, -0.05) is 12.1 Å². The summed E-state index contributed by atoms with van der Waals surface area (Å²) in [6.45, 7) is 3.02. The van der Waals surface area contributed by atoms with Gasteiger partial charge in [-0.2, -0.15) is 0 Å². The van der Waals surface area contributed by atoms with E-state index in [2.05, 4.69) is 20.2 Å². The zero-order valence-electron chi connectivity index (χ0n) is 17.5. The van der Waals surface area contributed by atoms with Crippen LogP contribution in [-0.2, 0) is 4.74 Å². The van der Waals surface area contributed by atoms with Crippen LogP contribution in [0.5, 0.6) is 11.5 Å². The lowest BCUT2D eigenvalue weighted by molar-refractivity contribution is 0.102. The quantitative estimate of drug-likeness (QED) is 0.655. The second kappa shape index (κ2) is 9.44. The molecule has 1 aliphatic rings. The van der Waals surface area contributed by atoms with Crippen LogP contribution in [0.1, 0.15) is 10.4 Å². The van der Waals surface area contributed by atoms with Crippen LogP contribution in [0.3, 0.4) is 0 Å². The van der Waals surface area contributed by atoms with Gasteiger partial charge in [0.05, 0.1) is 33.1 Å². The third-order valence-electron chi connectivity index (χ3n) is 5.07. The maximum Gasteiger partial charge on any atom is 0.255 e. The average Bonchev–Trinajstić information content (AvgIpc) is 2.84. The van der Waals surface area contributed by atoms with Crippen LogP contribution in [0, 0.1) is 0 Å². The summed E-state index contributed by atoms with van der Waals surface area (Å²) in [7, 11) is 3.12. The number of morpholine rings is 1. The Morgan fingerprint density at radius 3 is 2.42 bits per heavy atom. The summed E-state index contributed by atoms with van der Waals surface area (Å²) in [6, 6.07) is 14.5. The Morgan fingerprint density at radius 2 is 1.71 bits per heavy atom. The van der Waals surface area contributed by atoms with Gasteiger partial charge in [0.25, 0.3) is 5.91 Å². The van der Waals surface area contributed by atoms with Crippen molar-refractivity contribution in [2.45, 2.75) is 0 Å². The van der Waals surface area contributed by atoms with Crippen molar-refractivity contribution in [3.63, 3.8) is 0 Å². The van der Waals surface area contributed by atoms with Crippen LogP contribution in [0.15, 0.2) is 54.9 Å². The number of aromatic nitrogens is 2. The molecule has 0 unspecified atom stereocenters. The van der Waals surface area contributed by atoms with Gasteiger partial charge in [0.1, 0.15) is 12.1 Å². The van der Waals surface area contributed by atoms with Gasteiger partial charge in [-0.25, -0.2) is 9.97 Å². The molecule has 0 spiro atoms. The Balaban J connectivity index is 1.47. The Labute approximate surface area is 180 Å². The van der Waals surface area contributed by atoms with E-state index in [1.165, 1.54) is 0 Å². The molecule has 8 nitrogen and oxygen atoms in total. The zero-order valence-corrected chi connectivity index (χ0v) is 17.5. The molecule has 1 aromatic heterocycles. The van der Waals surface area contributed by atoms with Crippen molar-refractivity contribution < 1.29 is 19.0 Å². The lowest BCUT2D eigenvalue weighted by Crippen LogP contribution is -2.36. The monoisotopic (exact) mass is 420 g/mol. The van der Waals surface area contributed by atoms with Crippen LogP contribution in [0.2, 0.25) is 0 Å². The first-order valence-corrected chi connectivity index (χ1v) is 9.96. The number of carbonyl (C=O) groups excluding carboxylic acids is 1. The number of benzene rings is 2. The number of rotatable bonds is 6. The highest BCUT2D eigenvalue weighted by atomic mass is 16.5. The second-order valence-electron chi connectivity index (χ2n) is 6.96. The summed E-state index contributed by atoms with van der Waals surface area (Å²) in [4.78, 5) is 23.6. The molecule has 1 amide bonds. The smallest absolute Gasteiger partial charge is 0.255 e. The van der Waals surface area contributed by atoms with Gasteiger partial charge in [-0.3, -0.25) is 4.79 Å². The van der Waals surface area contributed by atoms with Gasteiger partial charge < -0.3 is 24.4 Å². The summed E-state index contributed by atoms with van der Waals surface area (Å²) < 4.78 is 15.9. The Kier molecular flexibility index (Phi) is 6.28. The van der Waals surface area contributed by atoms with Gasteiger partial charge in [-0.15, -0.1) is 0 Å². The predicted molar refractivity (Wildman–Crippen MR) is 118 cm³/mol. The number of hydrogen-bond donors (Lipinski definition) is 1. The third kappa shape index (κ3) is 4.75. The minimum Gasteiger partial charge on any atom is -0.493 e. The molecule has 2 aromatic carbocycles. The fourth-order valence-corrected chi connectivity index (χ4v) is 3.38. The number of anilines is 2. The van der Waals surface area contributed by atoms with Crippen molar-refractivity contribution in [1.82, 2.24) is 9.97 Å². The average molecular weight is 420 g/mol. The van der Waals surface area contributed by atoms with E-state index in [1.807, 2.05) is 18.2 Å². The molecule has 1 saturated heterocycles. The molecule has 4 rings (SSSR count). The molecule has 0 radical (unpaired) electrons. The standard InChI is InChI=1S/C23H24N4O4/c1-29-20-8-7-18(13-21(20)30-2)26-23(28)17-5-3-16(4-6-17)19-14-22(25-15-24-19)27-9-11-31-12-10-27/h3-8,13-15H,9-12H2,1-2H3,(H,26,28). The molecule has 1 fully saturated rings. The normalized spacial score (nSPS) is 13.5. The molecule has 0 aliphatic carbocycles. The van der Waals surface area contributed by atoms with E-state index in [0.717, 1.165) is 30.2 Å². The summed E-state index contributed by atoms with van der Waals surface area (Å²) >= 11 is 0. The first-order valence-electron chi connectivity index (χ1n) is 9.96. The minimum atomic E-state index is -0.213. The molecule has 1 N–H and O–H groups in total. The van der Waals surface area contributed by atoms with Crippen molar-refractivity contribution in [1.29, 1.82) is 0 Å². The fraction of sp³-hybridized carbons (Fsp3) is 0.261. The van der Waals surface area contributed by atoms with Crippen molar-refractivity contribution in [2.75, 3.05) is 50.7 Å². The van der Waals surface area contributed by atoms with E-state index in [4.69, 9.17) is 14.2 Å². The molecule has 160 valence electrons. The molecular formula is C23H24N4O4. The highest BCUT2D eigenvalue weighted by molar-refractivity contribution is 6.04. The highest BCUT2D eigenvalue weighted by Crippen LogP contribution is 2.30. The molecular weight excluding hydrogens is 396 g/mol. The maximum absolute atomic E-state index is 12.6. The molecule has 0 saturated carbocycles. The largest absolute Gasteiger partial charge is 0.493 e. The first-order chi connectivity index (χ1) is 15.2. The molecule has 3 aromatic rings. The zero-order chi connectivity index (χ0) is 21.6. The molecule has 2 heterocycles. The van der Waals surface area contributed by atoms with E-state index in [1.54, 1.807) is 50.9 Å². The lowest BCUT2D eigenvalue weighted by Gasteiger charge is -2.27. The number of nitrogens with one attached hydrogen (secondary N) is 1. The van der Waals surface area contributed by atoms with Crippen LogP contribution >= 0.6 is 0 Å². The molecule has 0 atom stereocenters. The number of hydrogen-bond acceptors (Lipinski definition) is 7. The van der Waals surface area contributed by atoms with Crippen LogP contribution < -0.4 is 19.7 Å². The number of carbonyl (C=O) groups is 1. The lowest BCUT2D eigenvalue weighted by atomic mass is 10.1. The van der Waals surface area contributed by atoms with E-state index < -0.39 is 0 Å². The molecule has 8 heteroatoms. The van der Waals surface area contributed by atoms with E-state index in [-0.39, 0.29) is 5.91 Å². The van der Waals surface area contributed by atoms with Gasteiger partial charge in [0, 0.05) is 42.0 Å². The Hall–Kier alpha value is -3.65. The maximum atomic E-state index is 12.6. The van der Waals surface area contributed by atoms with E-state index >= 15 is 0 Å². The molecule has 0 bridgehead atoms. The Bertz CT molecular complexity index is 1050. The topological polar surface area (TPSA) is 85.8 Å². The van der Waals surface area contributed by atoms with Crippen LogP contribution in [0.25, 0.3) is 11.3 Å². The van der Waals surface area contributed by atoms with Crippen LogP contribution in [0.4, 0.5) is 11.5 Å². The van der Waals surface area contributed by atoms with Crippen LogP contribution in [-0.4, -0.2) is 56.4 Å². The van der Waals surface area contributed by atoms with Gasteiger partial charge in [0.2, 0.25) is 0 Å². The van der Waals surface area contributed by atoms with Crippen molar-refractivity contribution in [2.24, 2.45) is 0 Å². The number of nitrogens with zero attached hydrogens (tertiary/aromatic N) is 3. The third-order valence-corrected chi connectivity index (χ3v) is 5.07. The summed E-state index contributed by atoms with van der Waals surface area (Å²) in [5.74, 6) is 1.82. The highest BCUT2D eigenvalue weighted by Gasteiger charge is 2.14. The minimum absolute atomic E-state index is 0.213. The number of amides is 1. The van der Waals surface area contributed by atoms with Gasteiger partial charge >= 0.3 is 0 Å². The van der Waals surface area contributed by atoms with Crippen molar-refractivity contribution in [3.05, 3.63) is 60.4 Å².